The minimum Gasteiger partial charge on any atom is -0.366 e. The Kier molecular flexibility index (Phi) is 5.01. The number of ether oxygens (including phenoxy) is 1. The summed E-state index contributed by atoms with van der Waals surface area (Å²) in [5.41, 5.74) is 0. The van der Waals surface area contributed by atoms with E-state index in [1.54, 1.807) is 0 Å². The molecular weight excluding hydrogens is 228 g/mol. The Hall–Kier alpha value is -0.610. The van der Waals surface area contributed by atoms with Crippen LogP contribution in [0.5, 0.6) is 0 Å². The summed E-state index contributed by atoms with van der Waals surface area (Å²) in [7, 11) is 0. The highest BCUT2D eigenvalue weighted by Crippen LogP contribution is 2.23. The monoisotopic (exact) mass is 254 g/mol. The van der Waals surface area contributed by atoms with Crippen molar-refractivity contribution in [1.29, 1.82) is 0 Å². The zero-order valence-corrected chi connectivity index (χ0v) is 11.7. The summed E-state index contributed by atoms with van der Waals surface area (Å²) in [5, 5.41) is 3.23. The molecule has 0 aromatic heterocycles. The minimum absolute atomic E-state index is 0.190. The predicted octanol–water partition coefficient (Wildman–Crippen LogP) is 1.26. The van der Waals surface area contributed by atoms with E-state index in [1.165, 1.54) is 12.8 Å². The molecule has 0 aromatic rings. The number of carbonyl (C=O) groups excluding carboxylic acids is 1. The first-order chi connectivity index (χ1) is 8.66. The molecule has 1 amide bonds. The second-order valence-electron chi connectivity index (χ2n) is 5.99. The molecule has 18 heavy (non-hydrogen) atoms. The van der Waals surface area contributed by atoms with E-state index in [9.17, 15) is 4.79 Å². The second-order valence-corrected chi connectivity index (χ2v) is 5.99. The van der Waals surface area contributed by atoms with Crippen LogP contribution >= 0.6 is 0 Å². The van der Waals surface area contributed by atoms with Gasteiger partial charge in [0.1, 0.15) is 6.10 Å². The van der Waals surface area contributed by atoms with Gasteiger partial charge >= 0.3 is 0 Å². The molecule has 2 fully saturated rings. The van der Waals surface area contributed by atoms with Crippen LogP contribution in [0.15, 0.2) is 0 Å². The van der Waals surface area contributed by atoms with Crippen LogP contribution in [-0.4, -0.2) is 49.7 Å². The number of nitrogens with zero attached hydrogens (tertiary/aromatic N) is 1. The Labute approximate surface area is 110 Å². The fourth-order valence-corrected chi connectivity index (χ4v) is 3.05. The third-order valence-electron chi connectivity index (χ3n) is 3.84. The van der Waals surface area contributed by atoms with Crippen molar-refractivity contribution in [3.8, 4) is 0 Å². The summed E-state index contributed by atoms with van der Waals surface area (Å²) in [6.45, 7) is 8.54. The molecule has 0 saturated carbocycles. The highest BCUT2D eigenvalue weighted by atomic mass is 16.5. The van der Waals surface area contributed by atoms with E-state index >= 15 is 0 Å². The smallest absolute Gasteiger partial charge is 0.253 e. The molecule has 4 nitrogen and oxygen atoms in total. The number of piperidine rings is 1. The van der Waals surface area contributed by atoms with Crippen molar-refractivity contribution >= 4 is 5.91 Å². The van der Waals surface area contributed by atoms with Gasteiger partial charge in [-0.15, -0.1) is 0 Å². The third-order valence-corrected chi connectivity index (χ3v) is 3.84. The molecular formula is C14H26N2O2. The van der Waals surface area contributed by atoms with Crippen molar-refractivity contribution in [3.05, 3.63) is 0 Å². The van der Waals surface area contributed by atoms with E-state index in [-0.39, 0.29) is 12.0 Å². The van der Waals surface area contributed by atoms with Crippen LogP contribution < -0.4 is 5.32 Å². The lowest BCUT2D eigenvalue weighted by Crippen LogP contribution is -2.51. The topological polar surface area (TPSA) is 41.6 Å². The Morgan fingerprint density at radius 2 is 2.33 bits per heavy atom. The molecule has 2 heterocycles. The Morgan fingerprint density at radius 1 is 1.50 bits per heavy atom. The van der Waals surface area contributed by atoms with Crippen molar-refractivity contribution < 1.29 is 9.53 Å². The Bertz CT molecular complexity index is 275. The Morgan fingerprint density at radius 3 is 3.00 bits per heavy atom. The van der Waals surface area contributed by atoms with Crippen LogP contribution in [0.1, 0.15) is 33.1 Å². The van der Waals surface area contributed by atoms with Crippen LogP contribution in [0.3, 0.4) is 0 Å². The van der Waals surface area contributed by atoms with Crippen LogP contribution in [0.4, 0.5) is 0 Å². The Balaban J connectivity index is 1.85. The molecule has 1 N–H and O–H groups in total. The summed E-state index contributed by atoms with van der Waals surface area (Å²) >= 11 is 0. The first kappa shape index (κ1) is 13.8. The molecule has 2 aliphatic rings. The highest BCUT2D eigenvalue weighted by molar-refractivity contribution is 5.81. The molecule has 0 spiro atoms. The van der Waals surface area contributed by atoms with Crippen molar-refractivity contribution in [2.75, 3.05) is 32.8 Å². The molecule has 4 heteroatoms. The SMILES string of the molecule is CC(C)CC1CCCN(C(=O)C2CNCCO2)C1. The lowest BCUT2D eigenvalue weighted by molar-refractivity contribution is -0.147. The van der Waals surface area contributed by atoms with Crippen molar-refractivity contribution in [1.82, 2.24) is 10.2 Å². The average Bonchev–Trinajstić information content (AvgIpc) is 2.38. The van der Waals surface area contributed by atoms with Gasteiger partial charge in [-0.25, -0.2) is 0 Å². The van der Waals surface area contributed by atoms with Gasteiger partial charge in [0.25, 0.3) is 5.91 Å². The number of rotatable bonds is 3. The quantitative estimate of drug-likeness (QED) is 0.824. The highest BCUT2D eigenvalue weighted by Gasteiger charge is 2.30. The van der Waals surface area contributed by atoms with Gasteiger partial charge in [0.15, 0.2) is 0 Å². The lowest BCUT2D eigenvalue weighted by atomic mass is 9.89. The zero-order valence-electron chi connectivity index (χ0n) is 11.7. The predicted molar refractivity (Wildman–Crippen MR) is 71.4 cm³/mol. The normalized spacial score (nSPS) is 29.6. The van der Waals surface area contributed by atoms with E-state index in [1.807, 2.05) is 4.90 Å². The molecule has 0 bridgehead atoms. The van der Waals surface area contributed by atoms with Crippen LogP contribution in [0, 0.1) is 11.8 Å². The molecule has 0 aromatic carbocycles. The summed E-state index contributed by atoms with van der Waals surface area (Å²) in [4.78, 5) is 14.4. The summed E-state index contributed by atoms with van der Waals surface area (Å²) in [6.07, 6.45) is 3.39. The van der Waals surface area contributed by atoms with Crippen molar-refractivity contribution in [2.45, 2.75) is 39.2 Å². The van der Waals surface area contributed by atoms with Crippen LogP contribution in [-0.2, 0) is 9.53 Å². The van der Waals surface area contributed by atoms with Gasteiger partial charge in [-0.2, -0.15) is 0 Å². The number of likely N-dealkylation sites (tertiary alicyclic amines) is 1. The molecule has 2 atom stereocenters. The van der Waals surface area contributed by atoms with Gasteiger partial charge < -0.3 is 15.0 Å². The number of nitrogens with one attached hydrogen (secondary N) is 1. The molecule has 2 unspecified atom stereocenters. The molecule has 2 aliphatic heterocycles. The number of hydrogen-bond donors (Lipinski definition) is 1. The van der Waals surface area contributed by atoms with Gasteiger partial charge in [0.05, 0.1) is 6.61 Å². The van der Waals surface area contributed by atoms with Gasteiger partial charge in [-0.3, -0.25) is 4.79 Å². The van der Waals surface area contributed by atoms with Crippen molar-refractivity contribution in [2.24, 2.45) is 11.8 Å². The van der Waals surface area contributed by atoms with Gasteiger partial charge in [-0.1, -0.05) is 13.8 Å². The van der Waals surface area contributed by atoms with Crippen LogP contribution in [0.2, 0.25) is 0 Å². The first-order valence-corrected chi connectivity index (χ1v) is 7.28. The maximum absolute atomic E-state index is 12.3. The minimum atomic E-state index is -0.253. The van der Waals surface area contributed by atoms with Crippen LogP contribution in [0.25, 0.3) is 0 Å². The standard InChI is InChI=1S/C14H26N2O2/c1-11(2)8-12-4-3-6-16(10-12)14(17)13-9-15-5-7-18-13/h11-13,15H,3-10H2,1-2H3. The molecule has 0 aliphatic carbocycles. The van der Waals surface area contributed by atoms with E-state index in [0.29, 0.717) is 19.1 Å². The average molecular weight is 254 g/mol. The molecule has 2 rings (SSSR count). The van der Waals surface area contributed by atoms with E-state index in [0.717, 1.165) is 32.0 Å². The lowest BCUT2D eigenvalue weighted by Gasteiger charge is -2.36. The van der Waals surface area contributed by atoms with E-state index < -0.39 is 0 Å². The summed E-state index contributed by atoms with van der Waals surface area (Å²) < 4.78 is 5.56. The number of carbonyl (C=O) groups is 1. The first-order valence-electron chi connectivity index (χ1n) is 7.28. The van der Waals surface area contributed by atoms with E-state index in [4.69, 9.17) is 4.74 Å². The van der Waals surface area contributed by atoms with Gasteiger partial charge in [-0.05, 0) is 31.1 Å². The summed E-state index contributed by atoms with van der Waals surface area (Å²) in [6, 6.07) is 0. The number of morpholine rings is 1. The fourth-order valence-electron chi connectivity index (χ4n) is 3.05. The largest absolute Gasteiger partial charge is 0.366 e. The van der Waals surface area contributed by atoms with E-state index in [2.05, 4.69) is 19.2 Å². The zero-order chi connectivity index (χ0) is 13.0. The molecule has 2 saturated heterocycles. The fraction of sp³-hybridized carbons (Fsp3) is 0.929. The maximum atomic E-state index is 12.3. The van der Waals surface area contributed by atoms with Crippen molar-refractivity contribution in [3.63, 3.8) is 0 Å². The third kappa shape index (κ3) is 3.69. The second kappa shape index (κ2) is 6.53. The number of amides is 1. The molecule has 104 valence electrons. The molecule has 0 radical (unpaired) electrons. The van der Waals surface area contributed by atoms with Gasteiger partial charge in [0, 0.05) is 26.2 Å². The number of hydrogen-bond acceptors (Lipinski definition) is 3. The maximum Gasteiger partial charge on any atom is 0.253 e. The summed E-state index contributed by atoms with van der Waals surface area (Å²) in [5.74, 6) is 1.59. The van der Waals surface area contributed by atoms with Gasteiger partial charge in [0.2, 0.25) is 0 Å².